The number of allylic oxidation sites excluding steroid dienone is 2. The van der Waals surface area contributed by atoms with Crippen molar-refractivity contribution < 1.29 is 19.1 Å². The predicted octanol–water partition coefficient (Wildman–Crippen LogP) is 3.18. The van der Waals surface area contributed by atoms with Crippen LogP contribution in [0.3, 0.4) is 0 Å². The van der Waals surface area contributed by atoms with Gasteiger partial charge in [0.2, 0.25) is 11.8 Å². The first kappa shape index (κ1) is 23.7. The average Bonchev–Trinajstić information content (AvgIpc) is 3.32. The van der Waals surface area contributed by atoms with Gasteiger partial charge in [-0.1, -0.05) is 12.2 Å². The van der Waals surface area contributed by atoms with Gasteiger partial charge in [0, 0.05) is 22.4 Å². The van der Waals surface area contributed by atoms with Gasteiger partial charge < -0.3 is 15.8 Å². The number of rotatable bonds is 7. The van der Waals surface area contributed by atoms with Crippen LogP contribution >= 0.6 is 11.3 Å². The molecule has 4 rings (SSSR count). The van der Waals surface area contributed by atoms with E-state index in [0.29, 0.717) is 17.0 Å². The van der Waals surface area contributed by atoms with Crippen molar-refractivity contribution >= 4 is 34.8 Å². The normalized spacial score (nSPS) is 19.6. The van der Waals surface area contributed by atoms with Crippen molar-refractivity contribution in [2.24, 2.45) is 22.7 Å². The summed E-state index contributed by atoms with van der Waals surface area (Å²) in [6, 6.07) is 9.40. The first-order valence-corrected chi connectivity index (χ1v) is 12.0. The number of nitrogens with two attached hydrogens (primary N) is 1. The summed E-state index contributed by atoms with van der Waals surface area (Å²) in [6.07, 6.45) is 5.68. The van der Waals surface area contributed by atoms with Gasteiger partial charge in [-0.15, -0.1) is 11.3 Å². The molecule has 1 aromatic carbocycles. The van der Waals surface area contributed by atoms with Crippen molar-refractivity contribution in [3.8, 4) is 16.2 Å². The average molecular weight is 481 g/mol. The smallest absolute Gasteiger partial charge is 0.261 e. The topological polar surface area (TPSA) is 114 Å². The quantitative estimate of drug-likeness (QED) is 0.593. The molecule has 1 aliphatic carbocycles. The van der Waals surface area contributed by atoms with Gasteiger partial charge in [0.15, 0.2) is 0 Å². The summed E-state index contributed by atoms with van der Waals surface area (Å²) in [5.74, 6) is -0.308. The number of carbonyl (C=O) groups excluding carboxylic acids is 3. The summed E-state index contributed by atoms with van der Waals surface area (Å²) in [6.45, 7) is 3.72. The Morgan fingerprint density at radius 3 is 2.62 bits per heavy atom. The zero-order valence-corrected chi connectivity index (χ0v) is 20.2. The summed E-state index contributed by atoms with van der Waals surface area (Å²) < 4.78 is 5.60. The Bertz CT molecular complexity index is 1180. The maximum absolute atomic E-state index is 13.0. The standard InChI is InChI=1S/C25H28N4O4S/c1-14(2)29-25(32)17-7-5-4-6-16(17)23(28-29)15-8-9-19(33-3)18(12-15)20-10-11-21(34-20)24(31)27-13-22(26)30/h4-5,8-12,14,16-17H,6-7,13H2,1-3H3,(H2,26,30)(H,27,31)/t16-,17+/m0/s1. The molecule has 178 valence electrons. The molecule has 34 heavy (non-hydrogen) atoms. The molecule has 0 radical (unpaired) electrons. The fourth-order valence-electron chi connectivity index (χ4n) is 4.36. The van der Waals surface area contributed by atoms with Crippen LogP contribution in [0.1, 0.15) is 41.9 Å². The summed E-state index contributed by atoms with van der Waals surface area (Å²) in [7, 11) is 1.60. The van der Waals surface area contributed by atoms with E-state index in [1.807, 2.05) is 38.1 Å². The van der Waals surface area contributed by atoms with E-state index in [9.17, 15) is 14.4 Å². The van der Waals surface area contributed by atoms with Crippen LogP contribution in [-0.4, -0.2) is 48.1 Å². The molecule has 2 aliphatic rings. The van der Waals surface area contributed by atoms with E-state index in [-0.39, 0.29) is 36.2 Å². The lowest BCUT2D eigenvalue weighted by atomic mass is 9.76. The van der Waals surface area contributed by atoms with Gasteiger partial charge in [-0.25, -0.2) is 5.01 Å². The predicted molar refractivity (Wildman–Crippen MR) is 132 cm³/mol. The van der Waals surface area contributed by atoms with Crippen molar-refractivity contribution in [3.05, 3.63) is 52.9 Å². The lowest BCUT2D eigenvalue weighted by Gasteiger charge is -2.38. The zero-order valence-electron chi connectivity index (χ0n) is 19.4. The second-order valence-electron chi connectivity index (χ2n) is 8.65. The lowest BCUT2D eigenvalue weighted by molar-refractivity contribution is -0.139. The van der Waals surface area contributed by atoms with Gasteiger partial charge in [0.25, 0.3) is 5.91 Å². The molecular formula is C25H28N4O4S. The van der Waals surface area contributed by atoms with Crippen LogP contribution in [0, 0.1) is 11.8 Å². The van der Waals surface area contributed by atoms with Gasteiger partial charge in [-0.2, -0.15) is 5.10 Å². The molecule has 3 amide bonds. The van der Waals surface area contributed by atoms with Crippen LogP contribution in [0.4, 0.5) is 0 Å². The third kappa shape index (κ3) is 4.61. The van der Waals surface area contributed by atoms with Gasteiger partial charge in [0.1, 0.15) is 5.75 Å². The third-order valence-electron chi connectivity index (χ3n) is 6.04. The van der Waals surface area contributed by atoms with Crippen LogP contribution in [0.25, 0.3) is 10.4 Å². The number of nitrogens with zero attached hydrogens (tertiary/aromatic N) is 2. The van der Waals surface area contributed by atoms with Crippen LogP contribution in [0.15, 0.2) is 47.6 Å². The number of nitrogens with one attached hydrogen (secondary N) is 1. The molecule has 0 saturated heterocycles. The highest BCUT2D eigenvalue weighted by Gasteiger charge is 2.40. The molecule has 0 spiro atoms. The Balaban J connectivity index is 1.72. The number of ether oxygens (including phenoxy) is 1. The molecule has 0 unspecified atom stereocenters. The molecule has 2 atom stereocenters. The summed E-state index contributed by atoms with van der Waals surface area (Å²) in [5, 5.41) is 8.91. The van der Waals surface area contributed by atoms with Gasteiger partial charge in [0.05, 0.1) is 30.2 Å². The number of hydrogen-bond acceptors (Lipinski definition) is 6. The van der Waals surface area contributed by atoms with Crippen molar-refractivity contribution in [1.82, 2.24) is 10.3 Å². The Morgan fingerprint density at radius 2 is 1.94 bits per heavy atom. The number of hydrogen-bond donors (Lipinski definition) is 2. The fraction of sp³-hybridized carbons (Fsp3) is 0.360. The largest absolute Gasteiger partial charge is 0.496 e. The molecule has 2 aromatic rings. The molecular weight excluding hydrogens is 452 g/mol. The number of benzene rings is 1. The lowest BCUT2D eigenvalue weighted by Crippen LogP contribution is -2.47. The molecule has 1 aromatic heterocycles. The summed E-state index contributed by atoms with van der Waals surface area (Å²) in [5.41, 5.74) is 7.76. The van der Waals surface area contributed by atoms with E-state index >= 15 is 0 Å². The van der Waals surface area contributed by atoms with E-state index < -0.39 is 5.91 Å². The number of carbonyl (C=O) groups is 3. The maximum Gasteiger partial charge on any atom is 0.261 e. The molecule has 1 aliphatic heterocycles. The highest BCUT2D eigenvalue weighted by Crippen LogP contribution is 2.39. The van der Waals surface area contributed by atoms with E-state index in [1.165, 1.54) is 11.3 Å². The van der Waals surface area contributed by atoms with Crippen molar-refractivity contribution in [2.45, 2.75) is 32.7 Å². The SMILES string of the molecule is COc1ccc(C2=NN(C(C)C)C(=O)[C@@H]3CC=CC[C@H]23)cc1-c1ccc(C(=O)NCC(N)=O)s1. The number of hydrazone groups is 1. The summed E-state index contributed by atoms with van der Waals surface area (Å²) >= 11 is 1.30. The van der Waals surface area contributed by atoms with Crippen molar-refractivity contribution in [1.29, 1.82) is 0 Å². The van der Waals surface area contributed by atoms with Crippen molar-refractivity contribution in [3.63, 3.8) is 0 Å². The molecule has 9 heteroatoms. The number of fused-ring (bicyclic) bond motifs is 1. The number of primary amides is 1. The minimum Gasteiger partial charge on any atom is -0.496 e. The minimum atomic E-state index is -0.599. The Labute approximate surface area is 202 Å². The summed E-state index contributed by atoms with van der Waals surface area (Å²) in [4.78, 5) is 37.7. The van der Waals surface area contributed by atoms with Crippen LogP contribution < -0.4 is 15.8 Å². The molecule has 3 N–H and O–H groups in total. The van der Waals surface area contributed by atoms with E-state index in [2.05, 4.69) is 17.5 Å². The maximum atomic E-state index is 13.0. The third-order valence-corrected chi connectivity index (χ3v) is 7.16. The van der Waals surface area contributed by atoms with Gasteiger partial charge >= 0.3 is 0 Å². The fourth-order valence-corrected chi connectivity index (χ4v) is 5.30. The van der Waals surface area contributed by atoms with Crippen LogP contribution in [0.5, 0.6) is 5.75 Å². The van der Waals surface area contributed by atoms with Crippen LogP contribution in [-0.2, 0) is 9.59 Å². The number of methoxy groups -OCH3 is 1. The Morgan fingerprint density at radius 1 is 1.21 bits per heavy atom. The first-order chi connectivity index (χ1) is 16.3. The van der Waals surface area contributed by atoms with E-state index in [4.69, 9.17) is 15.6 Å². The van der Waals surface area contributed by atoms with E-state index in [1.54, 1.807) is 18.2 Å². The van der Waals surface area contributed by atoms with Gasteiger partial charge in [-0.05, 0) is 62.6 Å². The second kappa shape index (κ2) is 9.80. The highest BCUT2D eigenvalue weighted by atomic mass is 32.1. The second-order valence-corrected chi connectivity index (χ2v) is 9.73. The van der Waals surface area contributed by atoms with Gasteiger partial charge in [-0.3, -0.25) is 14.4 Å². The van der Waals surface area contributed by atoms with Crippen molar-refractivity contribution in [2.75, 3.05) is 13.7 Å². The van der Waals surface area contributed by atoms with E-state index in [0.717, 1.165) is 28.1 Å². The number of thiophene rings is 1. The Hall–Kier alpha value is -3.46. The monoisotopic (exact) mass is 480 g/mol. The molecule has 0 bridgehead atoms. The molecule has 2 heterocycles. The highest BCUT2D eigenvalue weighted by molar-refractivity contribution is 7.17. The zero-order chi connectivity index (χ0) is 24.4. The first-order valence-electron chi connectivity index (χ1n) is 11.2. The molecule has 0 fully saturated rings. The molecule has 8 nitrogen and oxygen atoms in total. The van der Waals surface area contributed by atoms with Crippen LogP contribution in [0.2, 0.25) is 0 Å². The number of amides is 3. The molecule has 0 saturated carbocycles. The Kier molecular flexibility index (Phi) is 6.83. The minimum absolute atomic E-state index is 0.0206.